The average Bonchev–Trinajstić information content (AvgIpc) is 3.16. The first-order chi connectivity index (χ1) is 14.7. The first kappa shape index (κ1) is 22.4. The van der Waals surface area contributed by atoms with Crippen LogP contribution in [0.4, 0.5) is 11.5 Å². The second kappa shape index (κ2) is 9.25. The Hall–Kier alpha value is -3.27. The highest BCUT2D eigenvalue weighted by Crippen LogP contribution is 2.33. The molecule has 31 heavy (non-hydrogen) atoms. The van der Waals surface area contributed by atoms with Crippen LogP contribution >= 0.6 is 11.3 Å². The number of aromatic nitrogens is 3. The Kier molecular flexibility index (Phi) is 6.69. The van der Waals surface area contributed by atoms with Gasteiger partial charge in [-0.15, -0.1) is 0 Å². The lowest BCUT2D eigenvalue weighted by Gasteiger charge is -2.17. The molecule has 0 atom stereocenters. The van der Waals surface area contributed by atoms with E-state index in [0.717, 1.165) is 28.2 Å². The van der Waals surface area contributed by atoms with Gasteiger partial charge in [0.2, 0.25) is 5.91 Å². The van der Waals surface area contributed by atoms with Crippen LogP contribution in [0.2, 0.25) is 0 Å². The van der Waals surface area contributed by atoms with E-state index >= 15 is 0 Å². The summed E-state index contributed by atoms with van der Waals surface area (Å²) in [6.45, 7) is 6.48. The van der Waals surface area contributed by atoms with Gasteiger partial charge >= 0.3 is 0 Å². The van der Waals surface area contributed by atoms with Gasteiger partial charge < -0.3 is 19.9 Å². The number of aryl methyl sites for hydroxylation is 2. The fourth-order valence-corrected chi connectivity index (χ4v) is 3.71. The second-order valence-electron chi connectivity index (χ2n) is 7.34. The predicted molar refractivity (Wildman–Crippen MR) is 121 cm³/mol. The molecule has 0 radical (unpaired) electrons. The molecule has 10 heteroatoms. The number of thiazole rings is 1. The Morgan fingerprint density at radius 1 is 1.13 bits per heavy atom. The number of hydrogen-bond donors (Lipinski definition) is 1. The van der Waals surface area contributed by atoms with Crippen molar-refractivity contribution in [3.63, 3.8) is 0 Å². The fourth-order valence-electron chi connectivity index (χ4n) is 2.81. The van der Waals surface area contributed by atoms with Gasteiger partial charge in [-0.2, -0.15) is 0 Å². The highest BCUT2D eigenvalue weighted by Gasteiger charge is 2.22. The second-order valence-corrected chi connectivity index (χ2v) is 8.31. The molecule has 2 aromatic heterocycles. The summed E-state index contributed by atoms with van der Waals surface area (Å²) in [4.78, 5) is 41.1. The van der Waals surface area contributed by atoms with Gasteiger partial charge in [0.1, 0.15) is 22.4 Å². The maximum absolute atomic E-state index is 12.8. The summed E-state index contributed by atoms with van der Waals surface area (Å²) in [5, 5.41) is 3.53. The third kappa shape index (κ3) is 4.91. The van der Waals surface area contributed by atoms with E-state index in [1.165, 1.54) is 16.1 Å². The number of nitrogens with one attached hydrogen (secondary N) is 1. The Balaban J connectivity index is 1.93. The maximum atomic E-state index is 12.8. The molecule has 0 aliphatic heterocycles. The van der Waals surface area contributed by atoms with Crippen molar-refractivity contribution in [2.24, 2.45) is 0 Å². The smallest absolute Gasteiger partial charge is 0.283 e. The molecule has 2 heterocycles. The SMILES string of the molecule is CCOc1cc(C)c(C)cc1Nc1ncnc2sc(C(=O)N(C)CC(=O)N(C)C)nc12. The van der Waals surface area contributed by atoms with Crippen LogP contribution in [0.25, 0.3) is 10.3 Å². The molecule has 0 unspecified atom stereocenters. The van der Waals surface area contributed by atoms with Gasteiger partial charge in [0.15, 0.2) is 10.8 Å². The van der Waals surface area contributed by atoms with Crippen LogP contribution in [0.1, 0.15) is 27.9 Å². The lowest BCUT2D eigenvalue weighted by Crippen LogP contribution is -2.37. The molecule has 9 nitrogen and oxygen atoms in total. The van der Waals surface area contributed by atoms with Crippen molar-refractivity contribution in [1.82, 2.24) is 24.8 Å². The number of anilines is 2. The average molecular weight is 443 g/mol. The Morgan fingerprint density at radius 3 is 2.52 bits per heavy atom. The standard InChI is InChI=1S/C21H26N6O3S/c1-7-30-15-9-13(3)12(2)8-14(15)24-18-17-19(23-11-22-18)31-20(25-17)21(29)27(6)10-16(28)26(4)5/h8-9,11H,7,10H2,1-6H3,(H,22,23,24). The zero-order valence-corrected chi connectivity index (χ0v) is 19.3. The summed E-state index contributed by atoms with van der Waals surface area (Å²) in [7, 11) is 4.87. The molecular formula is C21H26N6O3S. The monoisotopic (exact) mass is 442 g/mol. The topological polar surface area (TPSA) is 101 Å². The zero-order chi connectivity index (χ0) is 22.7. The van der Waals surface area contributed by atoms with Crippen LogP contribution in [-0.4, -0.2) is 70.9 Å². The van der Waals surface area contributed by atoms with Gasteiger partial charge in [0, 0.05) is 21.1 Å². The minimum Gasteiger partial charge on any atom is -0.492 e. The van der Waals surface area contributed by atoms with Crippen molar-refractivity contribution in [2.75, 3.05) is 39.6 Å². The molecule has 0 saturated heterocycles. The Bertz CT molecular complexity index is 1130. The zero-order valence-electron chi connectivity index (χ0n) is 18.5. The number of nitrogens with zero attached hydrogens (tertiary/aromatic N) is 5. The number of carbonyl (C=O) groups excluding carboxylic acids is 2. The molecule has 3 aromatic rings. The molecule has 3 rings (SSSR count). The van der Waals surface area contributed by atoms with Gasteiger partial charge in [-0.1, -0.05) is 11.3 Å². The van der Waals surface area contributed by atoms with Crippen molar-refractivity contribution < 1.29 is 14.3 Å². The lowest BCUT2D eigenvalue weighted by molar-refractivity contribution is -0.129. The van der Waals surface area contributed by atoms with Gasteiger partial charge in [0.25, 0.3) is 5.91 Å². The van der Waals surface area contributed by atoms with E-state index in [2.05, 4.69) is 20.3 Å². The third-order valence-corrected chi connectivity index (χ3v) is 5.70. The van der Waals surface area contributed by atoms with E-state index in [-0.39, 0.29) is 23.4 Å². The highest BCUT2D eigenvalue weighted by molar-refractivity contribution is 7.19. The summed E-state index contributed by atoms with van der Waals surface area (Å²) >= 11 is 1.16. The van der Waals surface area contributed by atoms with Crippen LogP contribution in [-0.2, 0) is 4.79 Å². The number of amides is 2. The molecule has 0 saturated carbocycles. The molecule has 0 aliphatic carbocycles. The normalized spacial score (nSPS) is 10.8. The molecule has 164 valence electrons. The van der Waals surface area contributed by atoms with Gasteiger partial charge in [0.05, 0.1) is 18.8 Å². The number of rotatable bonds is 7. The molecule has 0 spiro atoms. The van der Waals surface area contributed by atoms with Crippen LogP contribution in [0.3, 0.4) is 0 Å². The van der Waals surface area contributed by atoms with Crippen LogP contribution in [0.15, 0.2) is 18.5 Å². The van der Waals surface area contributed by atoms with E-state index < -0.39 is 0 Å². The van der Waals surface area contributed by atoms with E-state index in [4.69, 9.17) is 4.74 Å². The Morgan fingerprint density at radius 2 is 1.84 bits per heavy atom. The van der Waals surface area contributed by atoms with Gasteiger partial charge in [-0.3, -0.25) is 9.59 Å². The van der Waals surface area contributed by atoms with Crippen molar-refractivity contribution in [3.05, 3.63) is 34.6 Å². The highest BCUT2D eigenvalue weighted by atomic mass is 32.1. The minimum absolute atomic E-state index is 0.0289. The summed E-state index contributed by atoms with van der Waals surface area (Å²) in [5.41, 5.74) is 3.49. The van der Waals surface area contributed by atoms with E-state index in [1.807, 2.05) is 32.9 Å². The van der Waals surface area contributed by atoms with Crippen LogP contribution < -0.4 is 10.1 Å². The van der Waals surface area contributed by atoms with E-state index in [9.17, 15) is 9.59 Å². The molecule has 1 N–H and O–H groups in total. The minimum atomic E-state index is -0.342. The molecule has 0 fully saturated rings. The van der Waals surface area contributed by atoms with Crippen LogP contribution in [0, 0.1) is 13.8 Å². The lowest BCUT2D eigenvalue weighted by atomic mass is 10.1. The fraction of sp³-hybridized carbons (Fsp3) is 0.381. The third-order valence-electron chi connectivity index (χ3n) is 4.75. The molecule has 0 aliphatic rings. The largest absolute Gasteiger partial charge is 0.492 e. The van der Waals surface area contributed by atoms with Crippen molar-refractivity contribution in [1.29, 1.82) is 0 Å². The summed E-state index contributed by atoms with van der Waals surface area (Å²) in [5.74, 6) is 0.685. The summed E-state index contributed by atoms with van der Waals surface area (Å²) in [6.07, 6.45) is 1.43. The summed E-state index contributed by atoms with van der Waals surface area (Å²) in [6, 6.07) is 3.97. The number of ether oxygens (including phenoxy) is 1. The van der Waals surface area contributed by atoms with E-state index in [0.29, 0.717) is 28.5 Å². The number of fused-ring (bicyclic) bond motifs is 1. The first-order valence-corrected chi connectivity index (χ1v) is 10.6. The molecule has 1 aromatic carbocycles. The number of benzene rings is 1. The maximum Gasteiger partial charge on any atom is 0.283 e. The predicted octanol–water partition coefficient (Wildman–Crippen LogP) is 3.01. The summed E-state index contributed by atoms with van der Waals surface area (Å²) < 4.78 is 5.77. The first-order valence-electron chi connectivity index (χ1n) is 9.79. The quantitative estimate of drug-likeness (QED) is 0.600. The van der Waals surface area contributed by atoms with Crippen molar-refractivity contribution in [2.45, 2.75) is 20.8 Å². The van der Waals surface area contributed by atoms with Crippen molar-refractivity contribution in [3.8, 4) is 5.75 Å². The van der Waals surface area contributed by atoms with Crippen molar-refractivity contribution >= 4 is 45.0 Å². The van der Waals surface area contributed by atoms with Crippen LogP contribution in [0.5, 0.6) is 5.75 Å². The molecule has 2 amide bonds. The van der Waals surface area contributed by atoms with Gasteiger partial charge in [-0.05, 0) is 44.0 Å². The molecular weight excluding hydrogens is 416 g/mol. The molecule has 0 bridgehead atoms. The number of carbonyl (C=O) groups is 2. The number of hydrogen-bond acceptors (Lipinski definition) is 8. The van der Waals surface area contributed by atoms with E-state index in [1.54, 1.807) is 21.1 Å². The van der Waals surface area contributed by atoms with Gasteiger partial charge in [-0.25, -0.2) is 15.0 Å². The Labute approximate surface area is 185 Å². The number of likely N-dealkylation sites (N-methyl/N-ethyl adjacent to an activating group) is 2.